The Hall–Kier alpha value is -1.56. The van der Waals surface area contributed by atoms with Crippen LogP contribution in [-0.2, 0) is 6.54 Å². The lowest BCUT2D eigenvalue weighted by atomic mass is 9.97. The van der Waals surface area contributed by atoms with Crippen LogP contribution in [0.25, 0.3) is 0 Å². The van der Waals surface area contributed by atoms with Gasteiger partial charge in [0.2, 0.25) is 5.89 Å². The number of oxazole rings is 1. The molecule has 1 aromatic heterocycles. The van der Waals surface area contributed by atoms with Crippen LogP contribution < -0.4 is 10.6 Å². The molecule has 1 aromatic rings. The van der Waals surface area contributed by atoms with E-state index >= 15 is 0 Å². The zero-order valence-electron chi connectivity index (χ0n) is 18.1. The van der Waals surface area contributed by atoms with Gasteiger partial charge in [0, 0.05) is 19.6 Å². The smallest absolute Gasteiger partial charge is 0.208 e. The molecule has 1 unspecified atom stereocenters. The molecule has 2 heterocycles. The number of hydrogen-bond acceptors (Lipinski definition) is 4. The zero-order valence-corrected chi connectivity index (χ0v) is 18.1. The topological polar surface area (TPSA) is 65.7 Å². The SMILES string of the molecule is CN=C(NCC1CCN(Cc2nc(C)c(C)o2)CC1)NC(C)CCC(C)C. The van der Waals surface area contributed by atoms with Gasteiger partial charge in [-0.15, -0.1) is 0 Å². The molecule has 0 amide bonds. The summed E-state index contributed by atoms with van der Waals surface area (Å²) < 4.78 is 5.72. The highest BCUT2D eigenvalue weighted by molar-refractivity contribution is 5.79. The van der Waals surface area contributed by atoms with Crippen molar-refractivity contribution >= 4 is 5.96 Å². The molecule has 0 spiro atoms. The maximum absolute atomic E-state index is 5.72. The van der Waals surface area contributed by atoms with Crippen molar-refractivity contribution < 1.29 is 4.42 Å². The Labute approximate surface area is 165 Å². The Morgan fingerprint density at radius 3 is 2.48 bits per heavy atom. The summed E-state index contributed by atoms with van der Waals surface area (Å²) in [5.74, 6) is 4.16. The minimum atomic E-state index is 0.452. The van der Waals surface area contributed by atoms with E-state index in [1.54, 1.807) is 0 Å². The van der Waals surface area contributed by atoms with E-state index in [2.05, 4.69) is 46.3 Å². The highest BCUT2D eigenvalue weighted by Crippen LogP contribution is 2.19. The fraction of sp³-hybridized carbons (Fsp3) is 0.810. The maximum Gasteiger partial charge on any atom is 0.208 e. The first kappa shape index (κ1) is 21.7. The van der Waals surface area contributed by atoms with Gasteiger partial charge in [-0.3, -0.25) is 9.89 Å². The van der Waals surface area contributed by atoms with Gasteiger partial charge >= 0.3 is 0 Å². The van der Waals surface area contributed by atoms with E-state index in [1.165, 1.54) is 25.7 Å². The maximum atomic E-state index is 5.72. The van der Waals surface area contributed by atoms with Crippen molar-refractivity contribution in [2.24, 2.45) is 16.8 Å². The molecule has 1 aliphatic heterocycles. The van der Waals surface area contributed by atoms with Gasteiger partial charge < -0.3 is 15.1 Å². The number of nitrogens with one attached hydrogen (secondary N) is 2. The van der Waals surface area contributed by atoms with Crippen molar-refractivity contribution in [1.82, 2.24) is 20.5 Å². The van der Waals surface area contributed by atoms with E-state index in [4.69, 9.17) is 4.42 Å². The van der Waals surface area contributed by atoms with E-state index in [-0.39, 0.29) is 0 Å². The molecule has 1 fully saturated rings. The van der Waals surface area contributed by atoms with E-state index in [0.29, 0.717) is 12.0 Å². The predicted octanol–water partition coefficient (Wildman–Crippen LogP) is 3.49. The minimum Gasteiger partial charge on any atom is -0.444 e. The molecule has 2 N–H and O–H groups in total. The number of likely N-dealkylation sites (tertiary alicyclic amines) is 1. The largest absolute Gasteiger partial charge is 0.444 e. The van der Waals surface area contributed by atoms with Crippen molar-refractivity contribution in [2.45, 2.75) is 72.9 Å². The summed E-state index contributed by atoms with van der Waals surface area (Å²) in [6.45, 7) is 14.8. The monoisotopic (exact) mass is 377 g/mol. The Morgan fingerprint density at radius 2 is 1.93 bits per heavy atom. The van der Waals surface area contributed by atoms with Crippen molar-refractivity contribution in [1.29, 1.82) is 0 Å². The molecule has 0 aromatic carbocycles. The predicted molar refractivity (Wildman–Crippen MR) is 112 cm³/mol. The summed E-state index contributed by atoms with van der Waals surface area (Å²) in [6, 6.07) is 0.452. The Morgan fingerprint density at radius 1 is 1.22 bits per heavy atom. The van der Waals surface area contributed by atoms with Crippen LogP contribution in [0.1, 0.15) is 63.8 Å². The number of guanidine groups is 1. The first-order chi connectivity index (χ1) is 12.9. The highest BCUT2D eigenvalue weighted by Gasteiger charge is 2.21. The van der Waals surface area contributed by atoms with Gasteiger partial charge in [0.25, 0.3) is 0 Å². The fourth-order valence-electron chi connectivity index (χ4n) is 3.47. The van der Waals surface area contributed by atoms with Gasteiger partial charge in [-0.05, 0) is 71.4 Å². The van der Waals surface area contributed by atoms with Crippen molar-refractivity contribution in [2.75, 3.05) is 26.7 Å². The molecule has 154 valence electrons. The normalized spacial score (nSPS) is 18.1. The van der Waals surface area contributed by atoms with Gasteiger partial charge in [-0.25, -0.2) is 4.98 Å². The quantitative estimate of drug-likeness (QED) is 0.536. The Bertz CT molecular complexity index is 568. The van der Waals surface area contributed by atoms with Gasteiger partial charge in [0.1, 0.15) is 5.76 Å². The van der Waals surface area contributed by atoms with E-state index < -0.39 is 0 Å². The third kappa shape index (κ3) is 7.53. The third-order valence-electron chi connectivity index (χ3n) is 5.48. The van der Waals surface area contributed by atoms with Gasteiger partial charge in [-0.2, -0.15) is 0 Å². The molecule has 2 rings (SSSR count). The number of hydrogen-bond donors (Lipinski definition) is 2. The fourth-order valence-corrected chi connectivity index (χ4v) is 3.47. The lowest BCUT2D eigenvalue weighted by Crippen LogP contribution is -2.45. The Kier molecular flexibility index (Phi) is 8.61. The third-order valence-corrected chi connectivity index (χ3v) is 5.48. The van der Waals surface area contributed by atoms with Crippen LogP contribution in [0.5, 0.6) is 0 Å². The average molecular weight is 378 g/mol. The molecule has 0 radical (unpaired) electrons. The Balaban J connectivity index is 1.67. The first-order valence-corrected chi connectivity index (χ1v) is 10.5. The molecular weight excluding hydrogens is 338 g/mol. The molecule has 1 saturated heterocycles. The lowest BCUT2D eigenvalue weighted by molar-refractivity contribution is 0.164. The molecule has 0 bridgehead atoms. The summed E-state index contributed by atoms with van der Waals surface area (Å²) in [7, 11) is 1.85. The van der Waals surface area contributed by atoms with Crippen LogP contribution in [0.15, 0.2) is 9.41 Å². The molecule has 0 aliphatic carbocycles. The van der Waals surface area contributed by atoms with Crippen LogP contribution in [0.2, 0.25) is 0 Å². The van der Waals surface area contributed by atoms with E-state index in [0.717, 1.165) is 55.4 Å². The molecule has 6 nitrogen and oxygen atoms in total. The second-order valence-electron chi connectivity index (χ2n) is 8.44. The van der Waals surface area contributed by atoms with Crippen molar-refractivity contribution in [3.8, 4) is 0 Å². The van der Waals surface area contributed by atoms with Crippen LogP contribution in [-0.4, -0.2) is 48.6 Å². The second kappa shape index (κ2) is 10.7. The number of aromatic nitrogens is 1. The van der Waals surface area contributed by atoms with Crippen LogP contribution in [0, 0.1) is 25.7 Å². The van der Waals surface area contributed by atoms with E-state index in [1.807, 2.05) is 20.9 Å². The summed E-state index contributed by atoms with van der Waals surface area (Å²) in [4.78, 5) is 11.3. The number of aliphatic imine (C=N–C) groups is 1. The van der Waals surface area contributed by atoms with Crippen LogP contribution in [0.4, 0.5) is 0 Å². The zero-order chi connectivity index (χ0) is 19.8. The summed E-state index contributed by atoms with van der Waals surface area (Å²) in [6.07, 6.45) is 4.82. The van der Waals surface area contributed by atoms with Crippen LogP contribution in [0.3, 0.4) is 0 Å². The number of piperidine rings is 1. The average Bonchev–Trinajstić information content (AvgIpc) is 2.95. The number of aryl methyl sites for hydroxylation is 2. The second-order valence-corrected chi connectivity index (χ2v) is 8.44. The first-order valence-electron chi connectivity index (χ1n) is 10.5. The molecule has 1 atom stereocenters. The van der Waals surface area contributed by atoms with Gasteiger partial charge in [0.05, 0.1) is 12.2 Å². The standard InChI is InChI=1S/C21H39N5O/c1-15(2)7-8-16(3)24-21(22-6)23-13-19-9-11-26(12-10-19)14-20-25-17(4)18(5)27-20/h15-16,19H,7-14H2,1-6H3,(H2,22,23,24). The van der Waals surface area contributed by atoms with E-state index in [9.17, 15) is 0 Å². The molecule has 1 aliphatic rings. The minimum absolute atomic E-state index is 0.452. The molecule has 6 heteroatoms. The molecule has 27 heavy (non-hydrogen) atoms. The number of rotatable bonds is 8. The van der Waals surface area contributed by atoms with Gasteiger partial charge in [-0.1, -0.05) is 13.8 Å². The molecular formula is C21H39N5O. The molecule has 0 saturated carbocycles. The van der Waals surface area contributed by atoms with Crippen molar-refractivity contribution in [3.05, 3.63) is 17.3 Å². The number of nitrogens with zero attached hydrogens (tertiary/aromatic N) is 3. The van der Waals surface area contributed by atoms with Crippen molar-refractivity contribution in [3.63, 3.8) is 0 Å². The highest BCUT2D eigenvalue weighted by atomic mass is 16.4. The summed E-state index contributed by atoms with van der Waals surface area (Å²) >= 11 is 0. The van der Waals surface area contributed by atoms with Crippen LogP contribution >= 0.6 is 0 Å². The van der Waals surface area contributed by atoms with Gasteiger partial charge in [0.15, 0.2) is 5.96 Å². The lowest BCUT2D eigenvalue weighted by Gasteiger charge is -2.31. The summed E-state index contributed by atoms with van der Waals surface area (Å²) in [5.41, 5.74) is 1.01. The summed E-state index contributed by atoms with van der Waals surface area (Å²) in [5, 5.41) is 7.04.